The van der Waals surface area contributed by atoms with E-state index in [4.69, 9.17) is 0 Å². The minimum absolute atomic E-state index is 0.119. The SMILES string of the molecule is CC[C@@H](C(=O)N(C)Cc1ncccc1C)n1cccc1. The van der Waals surface area contributed by atoms with Crippen LogP contribution in [0.5, 0.6) is 0 Å². The zero-order valence-electron chi connectivity index (χ0n) is 12.3. The summed E-state index contributed by atoms with van der Waals surface area (Å²) in [4.78, 5) is 18.7. The minimum atomic E-state index is -0.140. The topological polar surface area (TPSA) is 38.1 Å². The summed E-state index contributed by atoms with van der Waals surface area (Å²) in [6.07, 6.45) is 6.42. The van der Waals surface area contributed by atoms with Gasteiger partial charge in [-0.25, -0.2) is 0 Å². The van der Waals surface area contributed by atoms with Crippen LogP contribution in [-0.4, -0.2) is 27.4 Å². The summed E-state index contributed by atoms with van der Waals surface area (Å²) in [6.45, 7) is 4.59. The zero-order chi connectivity index (χ0) is 14.5. The third kappa shape index (κ3) is 3.07. The van der Waals surface area contributed by atoms with E-state index < -0.39 is 0 Å². The van der Waals surface area contributed by atoms with E-state index in [0.29, 0.717) is 6.54 Å². The Balaban J connectivity index is 2.10. The van der Waals surface area contributed by atoms with E-state index in [1.165, 1.54) is 0 Å². The summed E-state index contributed by atoms with van der Waals surface area (Å²) in [5.74, 6) is 0.119. The fraction of sp³-hybridized carbons (Fsp3) is 0.375. The molecule has 0 aliphatic heterocycles. The molecule has 0 spiro atoms. The van der Waals surface area contributed by atoms with E-state index >= 15 is 0 Å². The quantitative estimate of drug-likeness (QED) is 0.838. The van der Waals surface area contributed by atoms with E-state index in [1.54, 1.807) is 11.1 Å². The number of aryl methyl sites for hydroxylation is 1. The lowest BCUT2D eigenvalue weighted by atomic mass is 10.1. The van der Waals surface area contributed by atoms with E-state index in [0.717, 1.165) is 17.7 Å². The highest BCUT2D eigenvalue weighted by Crippen LogP contribution is 2.16. The van der Waals surface area contributed by atoms with Gasteiger partial charge in [0.15, 0.2) is 0 Å². The summed E-state index contributed by atoms with van der Waals surface area (Å²) < 4.78 is 1.96. The van der Waals surface area contributed by atoms with E-state index in [2.05, 4.69) is 4.98 Å². The molecule has 2 rings (SSSR count). The predicted molar refractivity (Wildman–Crippen MR) is 79.2 cm³/mol. The first-order valence-electron chi connectivity index (χ1n) is 6.91. The van der Waals surface area contributed by atoms with Gasteiger partial charge >= 0.3 is 0 Å². The Labute approximate surface area is 120 Å². The first kappa shape index (κ1) is 14.3. The number of aromatic nitrogens is 2. The Morgan fingerprint density at radius 2 is 2.05 bits per heavy atom. The van der Waals surface area contributed by atoms with Gasteiger partial charge in [-0.1, -0.05) is 13.0 Å². The summed E-state index contributed by atoms with van der Waals surface area (Å²) >= 11 is 0. The van der Waals surface area contributed by atoms with Gasteiger partial charge in [0.2, 0.25) is 5.91 Å². The molecule has 4 heteroatoms. The molecular weight excluding hydrogens is 250 g/mol. The van der Waals surface area contributed by atoms with Crippen LogP contribution in [-0.2, 0) is 11.3 Å². The van der Waals surface area contributed by atoms with Crippen LogP contribution in [0.1, 0.15) is 30.6 Å². The number of rotatable bonds is 5. The van der Waals surface area contributed by atoms with Crippen LogP contribution < -0.4 is 0 Å². The maximum Gasteiger partial charge on any atom is 0.245 e. The number of nitrogens with zero attached hydrogens (tertiary/aromatic N) is 3. The normalized spacial score (nSPS) is 12.2. The molecule has 2 heterocycles. The molecule has 106 valence electrons. The average Bonchev–Trinajstić information content (AvgIpc) is 2.96. The Kier molecular flexibility index (Phi) is 4.56. The molecule has 2 aromatic rings. The lowest BCUT2D eigenvalue weighted by Gasteiger charge is -2.24. The van der Waals surface area contributed by atoms with Crippen molar-refractivity contribution in [1.82, 2.24) is 14.5 Å². The summed E-state index contributed by atoms with van der Waals surface area (Å²) in [6, 6.07) is 7.68. The van der Waals surface area contributed by atoms with E-state index in [9.17, 15) is 4.79 Å². The predicted octanol–water partition coefficient (Wildman–Crippen LogP) is 2.80. The van der Waals surface area contributed by atoms with Crippen molar-refractivity contribution < 1.29 is 4.79 Å². The maximum absolute atomic E-state index is 12.6. The molecule has 0 aliphatic rings. The van der Waals surface area contributed by atoms with Crippen LogP contribution in [0.15, 0.2) is 42.9 Å². The molecule has 0 saturated carbocycles. The van der Waals surface area contributed by atoms with Gasteiger partial charge in [-0.2, -0.15) is 0 Å². The fourth-order valence-corrected chi connectivity index (χ4v) is 2.31. The first-order chi connectivity index (χ1) is 9.63. The van der Waals surface area contributed by atoms with Gasteiger partial charge in [-0.15, -0.1) is 0 Å². The lowest BCUT2D eigenvalue weighted by molar-refractivity contribution is -0.134. The van der Waals surface area contributed by atoms with Crippen molar-refractivity contribution >= 4 is 5.91 Å². The standard InChI is InChI=1S/C16H21N3O/c1-4-15(19-10-5-6-11-19)16(20)18(3)12-14-13(2)8-7-9-17-14/h5-11,15H,4,12H2,1-3H3/t15-/m0/s1. The van der Waals surface area contributed by atoms with Crippen molar-refractivity contribution in [3.63, 3.8) is 0 Å². The highest BCUT2D eigenvalue weighted by Gasteiger charge is 2.21. The molecule has 0 aromatic carbocycles. The van der Waals surface area contributed by atoms with Crippen molar-refractivity contribution in [2.24, 2.45) is 0 Å². The van der Waals surface area contributed by atoms with Gasteiger partial charge < -0.3 is 9.47 Å². The Morgan fingerprint density at radius 1 is 1.35 bits per heavy atom. The molecule has 1 amide bonds. The number of carbonyl (C=O) groups excluding carboxylic acids is 1. The van der Waals surface area contributed by atoms with Crippen LogP contribution in [0.4, 0.5) is 0 Å². The smallest absolute Gasteiger partial charge is 0.245 e. The highest BCUT2D eigenvalue weighted by atomic mass is 16.2. The number of hydrogen-bond donors (Lipinski definition) is 0. The van der Waals surface area contributed by atoms with Crippen molar-refractivity contribution in [3.8, 4) is 0 Å². The van der Waals surface area contributed by atoms with Gasteiger partial charge in [-0.05, 0) is 37.1 Å². The van der Waals surface area contributed by atoms with Crippen LogP contribution in [0.3, 0.4) is 0 Å². The second kappa shape index (κ2) is 6.37. The summed E-state index contributed by atoms with van der Waals surface area (Å²) in [5, 5.41) is 0. The molecule has 4 nitrogen and oxygen atoms in total. The summed E-state index contributed by atoms with van der Waals surface area (Å²) in [7, 11) is 1.84. The highest BCUT2D eigenvalue weighted by molar-refractivity contribution is 5.80. The third-order valence-electron chi connectivity index (χ3n) is 3.54. The third-order valence-corrected chi connectivity index (χ3v) is 3.54. The molecule has 0 radical (unpaired) electrons. The van der Waals surface area contributed by atoms with Gasteiger partial charge in [0.25, 0.3) is 0 Å². The fourth-order valence-electron chi connectivity index (χ4n) is 2.31. The van der Waals surface area contributed by atoms with Gasteiger partial charge in [-0.3, -0.25) is 9.78 Å². The van der Waals surface area contributed by atoms with Gasteiger partial charge in [0.1, 0.15) is 6.04 Å². The monoisotopic (exact) mass is 271 g/mol. The molecule has 0 unspecified atom stereocenters. The molecule has 0 saturated heterocycles. The average molecular weight is 271 g/mol. The zero-order valence-corrected chi connectivity index (χ0v) is 12.3. The Hall–Kier alpha value is -2.10. The van der Waals surface area contributed by atoms with Crippen LogP contribution in [0.25, 0.3) is 0 Å². The van der Waals surface area contributed by atoms with E-state index in [-0.39, 0.29) is 11.9 Å². The minimum Gasteiger partial charge on any atom is -0.342 e. The Morgan fingerprint density at radius 3 is 2.65 bits per heavy atom. The molecule has 0 N–H and O–H groups in total. The van der Waals surface area contributed by atoms with Crippen molar-refractivity contribution in [2.75, 3.05) is 7.05 Å². The summed E-state index contributed by atoms with van der Waals surface area (Å²) in [5.41, 5.74) is 2.06. The second-order valence-electron chi connectivity index (χ2n) is 5.02. The van der Waals surface area contributed by atoms with Gasteiger partial charge in [0, 0.05) is 25.6 Å². The second-order valence-corrected chi connectivity index (χ2v) is 5.02. The largest absolute Gasteiger partial charge is 0.342 e. The number of amides is 1. The molecule has 1 atom stereocenters. The first-order valence-corrected chi connectivity index (χ1v) is 6.91. The van der Waals surface area contributed by atoms with Crippen LogP contribution in [0.2, 0.25) is 0 Å². The number of hydrogen-bond acceptors (Lipinski definition) is 2. The van der Waals surface area contributed by atoms with Crippen LogP contribution >= 0.6 is 0 Å². The number of carbonyl (C=O) groups is 1. The van der Waals surface area contributed by atoms with Crippen molar-refractivity contribution in [2.45, 2.75) is 32.9 Å². The molecule has 20 heavy (non-hydrogen) atoms. The van der Waals surface area contributed by atoms with Crippen molar-refractivity contribution in [3.05, 3.63) is 54.1 Å². The molecular formula is C16H21N3O. The van der Waals surface area contributed by atoms with E-state index in [1.807, 2.05) is 62.1 Å². The molecule has 0 aliphatic carbocycles. The molecule has 0 fully saturated rings. The lowest BCUT2D eigenvalue weighted by Crippen LogP contribution is -2.33. The number of pyridine rings is 1. The molecule has 2 aromatic heterocycles. The van der Waals surface area contributed by atoms with Gasteiger partial charge in [0.05, 0.1) is 12.2 Å². The van der Waals surface area contributed by atoms with Crippen molar-refractivity contribution in [1.29, 1.82) is 0 Å². The number of likely N-dealkylation sites (N-methyl/N-ethyl adjacent to an activating group) is 1. The molecule has 0 bridgehead atoms. The van der Waals surface area contributed by atoms with Crippen LogP contribution in [0, 0.1) is 6.92 Å². The Bertz CT molecular complexity index is 563. The maximum atomic E-state index is 12.6.